The SMILES string of the molecule is CC(C)Sc1nnc(NC(=O)c2cncc(F)c2)s1. The van der Waals surface area contributed by atoms with Gasteiger partial charge in [-0.05, 0) is 6.07 Å². The Morgan fingerprint density at radius 1 is 1.42 bits per heavy atom. The molecule has 5 nitrogen and oxygen atoms in total. The Labute approximate surface area is 117 Å². The number of halogens is 1. The predicted molar refractivity (Wildman–Crippen MR) is 73.1 cm³/mol. The lowest BCUT2D eigenvalue weighted by atomic mass is 10.3. The highest BCUT2D eigenvalue weighted by Gasteiger charge is 2.12. The first-order valence-electron chi connectivity index (χ1n) is 5.46. The molecule has 0 radical (unpaired) electrons. The molecule has 2 aromatic rings. The summed E-state index contributed by atoms with van der Waals surface area (Å²) in [5.41, 5.74) is 0.147. The van der Waals surface area contributed by atoms with E-state index in [4.69, 9.17) is 0 Å². The Kier molecular flexibility index (Phi) is 4.43. The number of anilines is 1. The molecule has 0 saturated carbocycles. The Balaban J connectivity index is 2.05. The van der Waals surface area contributed by atoms with Crippen LogP contribution in [0, 0.1) is 5.82 Å². The Bertz CT molecular complexity index is 588. The average Bonchev–Trinajstić information content (AvgIpc) is 2.75. The molecule has 0 saturated heterocycles. The zero-order valence-corrected chi connectivity index (χ0v) is 11.9. The van der Waals surface area contributed by atoms with Gasteiger partial charge in [0.1, 0.15) is 5.82 Å². The summed E-state index contributed by atoms with van der Waals surface area (Å²) in [6.45, 7) is 4.09. The van der Waals surface area contributed by atoms with Gasteiger partial charge in [-0.25, -0.2) is 4.39 Å². The van der Waals surface area contributed by atoms with E-state index >= 15 is 0 Å². The van der Waals surface area contributed by atoms with Gasteiger partial charge in [-0.2, -0.15) is 0 Å². The molecular weight excluding hydrogens is 287 g/mol. The van der Waals surface area contributed by atoms with Crippen LogP contribution in [0.2, 0.25) is 0 Å². The Morgan fingerprint density at radius 3 is 2.89 bits per heavy atom. The van der Waals surface area contributed by atoms with Gasteiger partial charge in [-0.3, -0.25) is 15.1 Å². The maximum atomic E-state index is 12.9. The molecule has 0 atom stereocenters. The van der Waals surface area contributed by atoms with Gasteiger partial charge < -0.3 is 0 Å². The fourth-order valence-corrected chi connectivity index (χ4v) is 3.19. The van der Waals surface area contributed by atoms with E-state index in [1.807, 2.05) is 13.8 Å². The number of carbonyl (C=O) groups is 1. The normalized spacial score (nSPS) is 10.7. The van der Waals surface area contributed by atoms with Crippen molar-refractivity contribution in [1.29, 1.82) is 0 Å². The summed E-state index contributed by atoms with van der Waals surface area (Å²) in [5.74, 6) is -1.01. The number of nitrogens with one attached hydrogen (secondary N) is 1. The zero-order valence-electron chi connectivity index (χ0n) is 10.3. The molecule has 2 rings (SSSR count). The van der Waals surface area contributed by atoms with Crippen molar-refractivity contribution in [1.82, 2.24) is 15.2 Å². The monoisotopic (exact) mass is 298 g/mol. The average molecular weight is 298 g/mol. The second-order valence-electron chi connectivity index (χ2n) is 3.89. The maximum absolute atomic E-state index is 12.9. The van der Waals surface area contributed by atoms with E-state index in [9.17, 15) is 9.18 Å². The minimum Gasteiger partial charge on any atom is -0.296 e. The first-order chi connectivity index (χ1) is 9.04. The van der Waals surface area contributed by atoms with Crippen LogP contribution < -0.4 is 5.32 Å². The first kappa shape index (κ1) is 13.9. The van der Waals surface area contributed by atoms with Gasteiger partial charge in [-0.1, -0.05) is 36.9 Å². The van der Waals surface area contributed by atoms with Gasteiger partial charge in [0.25, 0.3) is 5.91 Å². The lowest BCUT2D eigenvalue weighted by molar-refractivity contribution is 0.102. The molecule has 1 amide bonds. The minimum absolute atomic E-state index is 0.147. The van der Waals surface area contributed by atoms with Crippen molar-refractivity contribution in [2.75, 3.05) is 5.32 Å². The summed E-state index contributed by atoms with van der Waals surface area (Å²) >= 11 is 2.85. The quantitative estimate of drug-likeness (QED) is 0.694. The van der Waals surface area contributed by atoms with E-state index in [1.54, 1.807) is 11.8 Å². The molecule has 100 valence electrons. The van der Waals surface area contributed by atoms with Crippen LogP contribution in [0.15, 0.2) is 22.8 Å². The van der Waals surface area contributed by atoms with Crippen LogP contribution in [0.3, 0.4) is 0 Å². The molecule has 0 aliphatic heterocycles. The third-order valence-electron chi connectivity index (χ3n) is 1.93. The van der Waals surface area contributed by atoms with Gasteiger partial charge in [0.2, 0.25) is 5.13 Å². The van der Waals surface area contributed by atoms with E-state index in [0.29, 0.717) is 10.4 Å². The highest BCUT2D eigenvalue weighted by molar-refractivity contribution is 8.01. The van der Waals surface area contributed by atoms with Gasteiger partial charge in [0, 0.05) is 11.4 Å². The van der Waals surface area contributed by atoms with Gasteiger partial charge in [0.05, 0.1) is 11.8 Å². The van der Waals surface area contributed by atoms with Crippen molar-refractivity contribution in [2.45, 2.75) is 23.4 Å². The number of nitrogens with zero attached hydrogens (tertiary/aromatic N) is 3. The van der Waals surface area contributed by atoms with Crippen molar-refractivity contribution < 1.29 is 9.18 Å². The van der Waals surface area contributed by atoms with Gasteiger partial charge in [0.15, 0.2) is 4.34 Å². The summed E-state index contributed by atoms with van der Waals surface area (Å²) in [6, 6.07) is 1.12. The molecule has 0 aliphatic rings. The van der Waals surface area contributed by atoms with Crippen LogP contribution in [-0.4, -0.2) is 26.3 Å². The minimum atomic E-state index is -0.555. The molecule has 1 N–H and O–H groups in total. The number of thioether (sulfide) groups is 1. The molecule has 8 heteroatoms. The van der Waals surface area contributed by atoms with E-state index in [-0.39, 0.29) is 5.56 Å². The van der Waals surface area contributed by atoms with E-state index in [1.165, 1.54) is 17.5 Å². The largest absolute Gasteiger partial charge is 0.296 e. The number of hydrogen-bond acceptors (Lipinski definition) is 6. The molecule has 0 aliphatic carbocycles. The molecule has 2 aromatic heterocycles. The maximum Gasteiger partial charge on any atom is 0.259 e. The van der Waals surface area contributed by atoms with Crippen molar-refractivity contribution in [2.24, 2.45) is 0 Å². The number of carbonyl (C=O) groups excluding carboxylic acids is 1. The van der Waals surface area contributed by atoms with E-state index in [0.717, 1.165) is 16.6 Å². The predicted octanol–water partition coefficient (Wildman–Crippen LogP) is 2.83. The number of hydrogen-bond donors (Lipinski definition) is 1. The van der Waals surface area contributed by atoms with Crippen LogP contribution >= 0.6 is 23.1 Å². The lowest BCUT2D eigenvalue weighted by Crippen LogP contribution is -2.12. The third-order valence-corrected chi connectivity index (χ3v) is 3.86. The summed E-state index contributed by atoms with van der Waals surface area (Å²) in [6.07, 6.45) is 2.34. The highest BCUT2D eigenvalue weighted by Crippen LogP contribution is 2.28. The van der Waals surface area contributed by atoms with Crippen molar-refractivity contribution in [3.8, 4) is 0 Å². The number of rotatable bonds is 4. The molecule has 19 heavy (non-hydrogen) atoms. The smallest absolute Gasteiger partial charge is 0.259 e. The van der Waals surface area contributed by atoms with Crippen molar-refractivity contribution in [3.63, 3.8) is 0 Å². The highest BCUT2D eigenvalue weighted by atomic mass is 32.2. The summed E-state index contributed by atoms with van der Waals surface area (Å²) in [7, 11) is 0. The summed E-state index contributed by atoms with van der Waals surface area (Å²) in [5, 5.41) is 11.2. The van der Waals surface area contributed by atoms with Crippen LogP contribution in [0.25, 0.3) is 0 Å². The Morgan fingerprint density at radius 2 is 2.21 bits per heavy atom. The molecule has 0 bridgehead atoms. The van der Waals surface area contributed by atoms with E-state index in [2.05, 4.69) is 20.5 Å². The van der Waals surface area contributed by atoms with Crippen molar-refractivity contribution >= 4 is 34.1 Å². The van der Waals surface area contributed by atoms with Gasteiger partial charge >= 0.3 is 0 Å². The zero-order chi connectivity index (χ0) is 13.8. The fraction of sp³-hybridized carbons (Fsp3) is 0.273. The molecule has 0 unspecified atom stereocenters. The Hall–Kier alpha value is -1.54. The second kappa shape index (κ2) is 6.07. The van der Waals surface area contributed by atoms with Crippen molar-refractivity contribution in [3.05, 3.63) is 29.8 Å². The van der Waals surface area contributed by atoms with Crippen LogP contribution in [0.5, 0.6) is 0 Å². The van der Waals surface area contributed by atoms with E-state index < -0.39 is 11.7 Å². The van der Waals surface area contributed by atoms with Crippen LogP contribution in [0.1, 0.15) is 24.2 Å². The molecule has 2 heterocycles. The van der Waals surface area contributed by atoms with Crippen LogP contribution in [-0.2, 0) is 0 Å². The molecular formula is C11H11FN4OS2. The molecule has 0 spiro atoms. The second-order valence-corrected chi connectivity index (χ2v) is 6.69. The number of amides is 1. The number of pyridine rings is 1. The fourth-order valence-electron chi connectivity index (χ4n) is 1.21. The molecule has 0 fully saturated rings. The standard InChI is InChI=1S/C11H11FN4OS2/c1-6(2)18-11-16-15-10(19-11)14-9(17)7-3-8(12)5-13-4-7/h3-6H,1-2H3,(H,14,15,17). The summed E-state index contributed by atoms with van der Waals surface area (Å²) in [4.78, 5) is 15.4. The third kappa shape index (κ3) is 3.97. The first-order valence-corrected chi connectivity index (χ1v) is 7.16. The number of aromatic nitrogens is 3. The summed E-state index contributed by atoms with van der Waals surface area (Å²) < 4.78 is 13.7. The lowest BCUT2D eigenvalue weighted by Gasteiger charge is -2.00. The molecule has 0 aromatic carbocycles. The van der Waals surface area contributed by atoms with Gasteiger partial charge in [-0.15, -0.1) is 10.2 Å². The topological polar surface area (TPSA) is 67.8 Å². The van der Waals surface area contributed by atoms with Crippen LogP contribution in [0.4, 0.5) is 9.52 Å².